The summed E-state index contributed by atoms with van der Waals surface area (Å²) in [5, 5.41) is 0. The number of ether oxygens (including phenoxy) is 1. The highest BCUT2D eigenvalue weighted by Crippen LogP contribution is 2.36. The Morgan fingerprint density at radius 1 is 1.22 bits per heavy atom. The van der Waals surface area contributed by atoms with E-state index in [1.165, 1.54) is 12.1 Å². The lowest BCUT2D eigenvalue weighted by atomic mass is 9.99. The molecule has 1 fully saturated rings. The predicted octanol–water partition coefficient (Wildman–Crippen LogP) is 3.51. The molecule has 1 aromatic carbocycles. The molecular weight excluding hydrogens is 233 g/mol. The normalized spacial score (nSPS) is 24.3. The summed E-state index contributed by atoms with van der Waals surface area (Å²) >= 11 is 0. The molecule has 2 atom stereocenters. The van der Waals surface area contributed by atoms with Gasteiger partial charge in [-0.3, -0.25) is 4.90 Å². The molecule has 1 heterocycles. The number of hydrogen-bond donors (Lipinski definition) is 0. The number of amides is 1. The summed E-state index contributed by atoms with van der Waals surface area (Å²) < 4.78 is 18.3. The van der Waals surface area contributed by atoms with E-state index in [4.69, 9.17) is 4.74 Å². The van der Waals surface area contributed by atoms with Gasteiger partial charge in [-0.2, -0.15) is 0 Å². The molecule has 0 radical (unpaired) electrons. The molecule has 1 aliphatic rings. The second-order valence-corrected chi connectivity index (χ2v) is 5.64. The Morgan fingerprint density at radius 2 is 1.78 bits per heavy atom. The second kappa shape index (κ2) is 4.26. The molecule has 98 valence electrons. The molecule has 0 N–H and O–H groups in total. The van der Waals surface area contributed by atoms with Gasteiger partial charge in [-0.1, -0.05) is 12.1 Å². The third kappa shape index (κ3) is 2.19. The number of hydrogen-bond acceptors (Lipinski definition) is 2. The number of nitrogens with zero attached hydrogens (tertiary/aromatic N) is 1. The van der Waals surface area contributed by atoms with E-state index in [-0.39, 0.29) is 29.6 Å². The maximum Gasteiger partial charge on any atom is 0.411 e. The van der Waals surface area contributed by atoms with Gasteiger partial charge in [0.1, 0.15) is 11.9 Å². The van der Waals surface area contributed by atoms with Gasteiger partial charge in [-0.05, 0) is 45.4 Å². The summed E-state index contributed by atoms with van der Waals surface area (Å²) in [6.07, 6.45) is -0.651. The molecule has 1 aliphatic heterocycles. The zero-order chi connectivity index (χ0) is 13.5. The first-order valence-corrected chi connectivity index (χ1v) is 6.06. The highest BCUT2D eigenvalue weighted by atomic mass is 19.1. The highest BCUT2D eigenvalue weighted by molar-refractivity contribution is 5.72. The third-order valence-electron chi connectivity index (χ3n) is 3.19. The van der Waals surface area contributed by atoms with E-state index in [1.807, 2.05) is 27.7 Å². The van der Waals surface area contributed by atoms with Gasteiger partial charge in [-0.15, -0.1) is 0 Å². The van der Waals surface area contributed by atoms with Crippen LogP contribution in [0.25, 0.3) is 0 Å². The average molecular weight is 251 g/mol. The summed E-state index contributed by atoms with van der Waals surface area (Å²) in [6.45, 7) is 7.86. The van der Waals surface area contributed by atoms with Gasteiger partial charge in [0.25, 0.3) is 0 Å². The summed E-state index contributed by atoms with van der Waals surface area (Å²) in [6, 6.07) is 6.03. The number of carbonyl (C=O) groups is 1. The lowest BCUT2D eigenvalue weighted by Crippen LogP contribution is -2.46. The van der Waals surface area contributed by atoms with Crippen LogP contribution in [0.15, 0.2) is 24.3 Å². The quantitative estimate of drug-likeness (QED) is 0.764. The van der Waals surface area contributed by atoms with Crippen LogP contribution < -0.4 is 0 Å². The first-order chi connectivity index (χ1) is 8.30. The molecule has 3 nitrogen and oxygen atoms in total. The molecule has 2 rings (SSSR count). The van der Waals surface area contributed by atoms with Crippen LogP contribution in [-0.4, -0.2) is 22.6 Å². The van der Waals surface area contributed by atoms with Crippen LogP contribution in [0.1, 0.15) is 39.4 Å². The molecule has 0 aromatic heterocycles. The molecule has 0 unspecified atom stereocenters. The summed E-state index contributed by atoms with van der Waals surface area (Å²) in [5.41, 5.74) is 0.537. The van der Waals surface area contributed by atoms with Gasteiger partial charge in [0.2, 0.25) is 0 Å². The Bertz CT molecular complexity index is 450. The Hall–Kier alpha value is -1.58. The minimum Gasteiger partial charge on any atom is -0.439 e. The average Bonchev–Trinajstić information content (AvgIpc) is 2.54. The number of rotatable bonds is 1. The van der Waals surface area contributed by atoms with Crippen molar-refractivity contribution in [3.8, 4) is 0 Å². The SMILES string of the molecule is C[C@@H]1[C@H](c2ccc(F)cc2)OC(=O)N1C(C)(C)C. The molecular formula is C14H18FNO2. The standard InChI is InChI=1S/C14H18FNO2/c1-9-12(10-5-7-11(15)8-6-10)18-13(17)16(9)14(2,3)4/h5-9,12H,1-4H3/t9-,12-/m1/s1. The fourth-order valence-electron chi connectivity index (χ4n) is 2.45. The second-order valence-electron chi connectivity index (χ2n) is 5.64. The summed E-state index contributed by atoms with van der Waals surface area (Å²) in [4.78, 5) is 13.6. The Kier molecular flexibility index (Phi) is 3.05. The molecule has 1 amide bonds. The van der Waals surface area contributed by atoms with Crippen molar-refractivity contribution in [2.24, 2.45) is 0 Å². The van der Waals surface area contributed by atoms with Crippen molar-refractivity contribution in [3.63, 3.8) is 0 Å². The van der Waals surface area contributed by atoms with E-state index in [0.29, 0.717) is 0 Å². The van der Waals surface area contributed by atoms with Gasteiger partial charge in [0.05, 0.1) is 6.04 Å². The predicted molar refractivity (Wildman–Crippen MR) is 66.7 cm³/mol. The van der Waals surface area contributed by atoms with E-state index in [2.05, 4.69) is 0 Å². The summed E-state index contributed by atoms with van der Waals surface area (Å²) in [7, 11) is 0. The van der Waals surface area contributed by atoms with Crippen molar-refractivity contribution >= 4 is 6.09 Å². The number of halogens is 1. The molecule has 18 heavy (non-hydrogen) atoms. The molecule has 4 heteroatoms. The van der Waals surface area contributed by atoms with E-state index < -0.39 is 0 Å². The first-order valence-electron chi connectivity index (χ1n) is 6.06. The van der Waals surface area contributed by atoms with Crippen molar-refractivity contribution in [3.05, 3.63) is 35.6 Å². The fourth-order valence-corrected chi connectivity index (χ4v) is 2.45. The Balaban J connectivity index is 2.28. The minimum absolute atomic E-state index is 0.0667. The van der Waals surface area contributed by atoms with Crippen LogP contribution in [0.4, 0.5) is 9.18 Å². The lowest BCUT2D eigenvalue weighted by molar-refractivity contribution is 0.119. The number of carbonyl (C=O) groups excluding carboxylic acids is 1. The topological polar surface area (TPSA) is 29.5 Å². The van der Waals surface area contributed by atoms with Crippen LogP contribution in [0.5, 0.6) is 0 Å². The summed E-state index contributed by atoms with van der Waals surface area (Å²) in [5.74, 6) is -0.289. The minimum atomic E-state index is -0.336. The van der Waals surface area contributed by atoms with Gasteiger partial charge in [0, 0.05) is 5.54 Å². The van der Waals surface area contributed by atoms with E-state index in [0.717, 1.165) is 5.56 Å². The molecule has 0 bridgehead atoms. The Labute approximate surface area is 107 Å². The van der Waals surface area contributed by atoms with Crippen molar-refractivity contribution in [2.75, 3.05) is 0 Å². The number of benzene rings is 1. The van der Waals surface area contributed by atoms with Crippen LogP contribution in [0, 0.1) is 5.82 Å². The maximum absolute atomic E-state index is 12.9. The fraction of sp³-hybridized carbons (Fsp3) is 0.500. The van der Waals surface area contributed by atoms with Crippen molar-refractivity contribution < 1.29 is 13.9 Å². The van der Waals surface area contributed by atoms with Crippen LogP contribution in [0.3, 0.4) is 0 Å². The van der Waals surface area contributed by atoms with Crippen molar-refractivity contribution in [1.29, 1.82) is 0 Å². The van der Waals surface area contributed by atoms with E-state index in [9.17, 15) is 9.18 Å². The molecule has 1 saturated heterocycles. The highest BCUT2D eigenvalue weighted by Gasteiger charge is 2.44. The van der Waals surface area contributed by atoms with Gasteiger partial charge < -0.3 is 4.74 Å². The van der Waals surface area contributed by atoms with Crippen LogP contribution in [-0.2, 0) is 4.74 Å². The van der Waals surface area contributed by atoms with Gasteiger partial charge in [-0.25, -0.2) is 9.18 Å². The van der Waals surface area contributed by atoms with E-state index >= 15 is 0 Å². The largest absolute Gasteiger partial charge is 0.439 e. The van der Waals surface area contributed by atoms with E-state index in [1.54, 1.807) is 17.0 Å². The molecule has 0 spiro atoms. The Morgan fingerprint density at radius 3 is 2.22 bits per heavy atom. The molecule has 0 aliphatic carbocycles. The van der Waals surface area contributed by atoms with Crippen molar-refractivity contribution in [2.45, 2.75) is 45.4 Å². The van der Waals surface area contributed by atoms with Crippen LogP contribution in [0.2, 0.25) is 0 Å². The van der Waals surface area contributed by atoms with Crippen molar-refractivity contribution in [1.82, 2.24) is 4.90 Å². The monoisotopic (exact) mass is 251 g/mol. The maximum atomic E-state index is 12.9. The first kappa shape index (κ1) is 12.9. The molecule has 1 aromatic rings. The lowest BCUT2D eigenvalue weighted by Gasteiger charge is -2.33. The van der Waals surface area contributed by atoms with Gasteiger partial charge >= 0.3 is 6.09 Å². The number of cyclic esters (lactones) is 1. The van der Waals surface area contributed by atoms with Crippen LogP contribution >= 0.6 is 0 Å². The molecule has 0 saturated carbocycles. The smallest absolute Gasteiger partial charge is 0.411 e. The van der Waals surface area contributed by atoms with Gasteiger partial charge in [0.15, 0.2) is 0 Å². The third-order valence-corrected chi connectivity index (χ3v) is 3.19. The zero-order valence-corrected chi connectivity index (χ0v) is 11.1. The zero-order valence-electron chi connectivity index (χ0n) is 11.1.